The molecule has 1 aliphatic carbocycles. The Morgan fingerprint density at radius 1 is 1.09 bits per heavy atom. The molecule has 0 aromatic heterocycles. The second-order valence-corrected chi connectivity index (χ2v) is 10.3. The van der Waals surface area contributed by atoms with E-state index in [1.54, 1.807) is 0 Å². The normalized spacial score (nSPS) is 17.1. The van der Waals surface area contributed by atoms with E-state index in [0.717, 1.165) is 31.6 Å². The molecule has 0 bridgehead atoms. The molecule has 2 aliphatic rings. The van der Waals surface area contributed by atoms with Crippen molar-refractivity contribution in [2.75, 3.05) is 26.2 Å². The van der Waals surface area contributed by atoms with E-state index >= 15 is 0 Å². The van der Waals surface area contributed by atoms with Crippen molar-refractivity contribution in [2.45, 2.75) is 52.4 Å². The summed E-state index contributed by atoms with van der Waals surface area (Å²) in [5.41, 5.74) is 8.29. The lowest BCUT2D eigenvalue weighted by Crippen LogP contribution is -2.50. The molecule has 2 aromatic carbocycles. The molecule has 1 heterocycles. The van der Waals surface area contributed by atoms with Crippen molar-refractivity contribution in [3.05, 3.63) is 70.3 Å². The Balaban J connectivity index is 1.32. The summed E-state index contributed by atoms with van der Waals surface area (Å²) in [7, 11) is 0. The van der Waals surface area contributed by atoms with Crippen LogP contribution in [0.15, 0.2) is 48.0 Å². The van der Waals surface area contributed by atoms with E-state index in [2.05, 4.69) is 75.1 Å². The van der Waals surface area contributed by atoms with E-state index in [1.807, 2.05) is 0 Å². The Morgan fingerprint density at radius 3 is 2.47 bits per heavy atom. The quantitative estimate of drug-likeness (QED) is 0.640. The molecule has 1 saturated heterocycles. The van der Waals surface area contributed by atoms with E-state index in [-0.39, 0.29) is 11.3 Å². The highest BCUT2D eigenvalue weighted by molar-refractivity contribution is 5.73. The molecule has 4 heteroatoms. The van der Waals surface area contributed by atoms with Crippen molar-refractivity contribution < 1.29 is 14.6 Å². The number of aliphatic carboxylic acids is 1. The summed E-state index contributed by atoms with van der Waals surface area (Å²) in [6, 6.07) is 15.3. The van der Waals surface area contributed by atoms with Crippen LogP contribution in [-0.4, -0.2) is 42.2 Å². The zero-order valence-corrected chi connectivity index (χ0v) is 19.8. The van der Waals surface area contributed by atoms with E-state index in [4.69, 9.17) is 9.84 Å². The van der Waals surface area contributed by atoms with Crippen LogP contribution in [-0.2, 0) is 23.1 Å². The number of allylic oxidation sites excluding steroid dienone is 1. The molecule has 1 fully saturated rings. The molecule has 0 spiro atoms. The molecule has 32 heavy (non-hydrogen) atoms. The standard InChI is InChI=1S/C28H35NO3/c1-19-22(16-29-17-23(18-29)27(30)31)8-7-21-15-25(11-12-26(19)21)32-14-13-20-5-9-24(10-6-20)28(2,3)4/h5-6,9-12,15,23H,7-8,13-14,16-18H2,1-4H3,(H,30,31). The van der Waals surface area contributed by atoms with Crippen molar-refractivity contribution in [2.24, 2.45) is 5.92 Å². The smallest absolute Gasteiger partial charge is 0.309 e. The van der Waals surface area contributed by atoms with Gasteiger partial charge in [-0.1, -0.05) is 56.7 Å². The number of rotatable bonds is 7. The van der Waals surface area contributed by atoms with Gasteiger partial charge in [-0.3, -0.25) is 9.69 Å². The summed E-state index contributed by atoms with van der Waals surface area (Å²) in [4.78, 5) is 13.3. The third-order valence-electron chi connectivity index (χ3n) is 6.91. The molecule has 1 aliphatic heterocycles. The van der Waals surface area contributed by atoms with Gasteiger partial charge in [0.05, 0.1) is 12.5 Å². The van der Waals surface area contributed by atoms with E-state index in [9.17, 15) is 4.79 Å². The highest BCUT2D eigenvalue weighted by Crippen LogP contribution is 2.34. The maximum atomic E-state index is 11.0. The zero-order valence-electron chi connectivity index (χ0n) is 19.8. The van der Waals surface area contributed by atoms with Crippen LogP contribution in [0.3, 0.4) is 0 Å². The number of fused-ring (bicyclic) bond motifs is 1. The monoisotopic (exact) mass is 433 g/mol. The molecular weight excluding hydrogens is 398 g/mol. The first kappa shape index (κ1) is 22.6. The van der Waals surface area contributed by atoms with Crippen LogP contribution < -0.4 is 4.74 Å². The predicted molar refractivity (Wildman–Crippen MR) is 129 cm³/mol. The van der Waals surface area contributed by atoms with Gasteiger partial charge in [0.25, 0.3) is 0 Å². The van der Waals surface area contributed by atoms with Gasteiger partial charge >= 0.3 is 5.97 Å². The Hall–Kier alpha value is -2.59. The van der Waals surface area contributed by atoms with Gasteiger partial charge < -0.3 is 9.84 Å². The first-order valence-corrected chi connectivity index (χ1v) is 11.7. The number of likely N-dealkylation sites (tertiary alicyclic amines) is 1. The van der Waals surface area contributed by atoms with Gasteiger partial charge in [0.2, 0.25) is 0 Å². The van der Waals surface area contributed by atoms with E-state index < -0.39 is 5.97 Å². The fourth-order valence-electron chi connectivity index (χ4n) is 4.68. The second-order valence-electron chi connectivity index (χ2n) is 10.3. The molecule has 0 saturated carbocycles. The van der Waals surface area contributed by atoms with Gasteiger partial charge in [-0.2, -0.15) is 0 Å². The fraction of sp³-hybridized carbons (Fsp3) is 0.464. The highest BCUT2D eigenvalue weighted by Gasteiger charge is 2.33. The molecule has 2 aromatic rings. The minimum Gasteiger partial charge on any atom is -0.493 e. The van der Waals surface area contributed by atoms with Crippen LogP contribution >= 0.6 is 0 Å². The number of carboxylic acid groups (broad SMARTS) is 1. The first-order chi connectivity index (χ1) is 15.2. The summed E-state index contributed by atoms with van der Waals surface area (Å²) < 4.78 is 6.08. The summed E-state index contributed by atoms with van der Waals surface area (Å²) in [5, 5.41) is 9.08. The van der Waals surface area contributed by atoms with Crippen molar-refractivity contribution in [3.8, 4) is 5.75 Å². The summed E-state index contributed by atoms with van der Waals surface area (Å²) >= 11 is 0. The van der Waals surface area contributed by atoms with Gasteiger partial charge in [0, 0.05) is 26.1 Å². The van der Waals surface area contributed by atoms with Crippen LogP contribution in [0.4, 0.5) is 0 Å². The number of hydrogen-bond donors (Lipinski definition) is 1. The number of carbonyl (C=O) groups is 1. The lowest BCUT2D eigenvalue weighted by molar-refractivity contribution is -0.147. The minimum absolute atomic E-state index is 0.181. The molecule has 0 atom stereocenters. The summed E-state index contributed by atoms with van der Waals surface area (Å²) in [5.74, 6) is 0.0802. The maximum Gasteiger partial charge on any atom is 0.309 e. The molecule has 0 unspecified atom stereocenters. The number of aryl methyl sites for hydroxylation is 1. The van der Waals surface area contributed by atoms with Crippen molar-refractivity contribution in [3.63, 3.8) is 0 Å². The zero-order chi connectivity index (χ0) is 22.9. The number of ether oxygens (including phenoxy) is 1. The molecule has 170 valence electrons. The molecule has 4 nitrogen and oxygen atoms in total. The van der Waals surface area contributed by atoms with Gasteiger partial charge in [-0.15, -0.1) is 0 Å². The minimum atomic E-state index is -0.671. The van der Waals surface area contributed by atoms with Gasteiger partial charge in [-0.05, 0) is 65.1 Å². The molecule has 1 N–H and O–H groups in total. The number of carboxylic acids is 1. The predicted octanol–water partition coefficient (Wildman–Crippen LogP) is 5.34. The lowest BCUT2D eigenvalue weighted by Gasteiger charge is -2.38. The van der Waals surface area contributed by atoms with Crippen molar-refractivity contribution in [1.29, 1.82) is 0 Å². The average molecular weight is 434 g/mol. The van der Waals surface area contributed by atoms with Crippen molar-refractivity contribution >= 4 is 11.5 Å². The van der Waals surface area contributed by atoms with Gasteiger partial charge in [0.15, 0.2) is 0 Å². The van der Waals surface area contributed by atoms with Crippen molar-refractivity contribution in [1.82, 2.24) is 4.90 Å². The van der Waals surface area contributed by atoms with Gasteiger partial charge in [0.1, 0.15) is 5.75 Å². The third-order valence-corrected chi connectivity index (χ3v) is 6.91. The number of benzene rings is 2. The fourth-order valence-corrected chi connectivity index (χ4v) is 4.68. The van der Waals surface area contributed by atoms with Gasteiger partial charge in [-0.25, -0.2) is 0 Å². The Bertz CT molecular complexity index is 1010. The van der Waals surface area contributed by atoms with Crippen LogP contribution in [0.25, 0.3) is 5.57 Å². The van der Waals surface area contributed by atoms with E-state index in [1.165, 1.54) is 33.4 Å². The van der Waals surface area contributed by atoms with Crippen LogP contribution in [0, 0.1) is 5.92 Å². The lowest BCUT2D eigenvalue weighted by atomic mass is 9.85. The number of hydrogen-bond acceptors (Lipinski definition) is 3. The molecule has 4 rings (SSSR count). The van der Waals surface area contributed by atoms with Crippen LogP contribution in [0.1, 0.15) is 56.4 Å². The Kier molecular flexibility index (Phi) is 6.43. The SMILES string of the molecule is CC1=C(CN2CC(C(=O)O)C2)CCc2cc(OCCc3ccc(C(C)(C)C)cc3)ccc21. The van der Waals surface area contributed by atoms with Crippen LogP contribution in [0.5, 0.6) is 5.75 Å². The number of nitrogens with zero attached hydrogens (tertiary/aromatic N) is 1. The molecule has 0 amide bonds. The third kappa shape index (κ3) is 5.07. The molecular formula is C28H35NO3. The second kappa shape index (κ2) is 9.11. The average Bonchev–Trinajstić information content (AvgIpc) is 2.71. The van der Waals surface area contributed by atoms with Crippen LogP contribution in [0.2, 0.25) is 0 Å². The van der Waals surface area contributed by atoms with E-state index in [0.29, 0.717) is 19.7 Å². The largest absolute Gasteiger partial charge is 0.493 e. The first-order valence-electron chi connectivity index (χ1n) is 11.7. The highest BCUT2D eigenvalue weighted by atomic mass is 16.5. The Labute approximate surface area is 191 Å². The Morgan fingerprint density at radius 2 is 1.81 bits per heavy atom. The maximum absolute atomic E-state index is 11.0. The topological polar surface area (TPSA) is 49.8 Å². The molecule has 0 radical (unpaired) electrons. The summed E-state index contributed by atoms with van der Waals surface area (Å²) in [6.45, 7) is 11.8. The summed E-state index contributed by atoms with van der Waals surface area (Å²) in [6.07, 6.45) is 2.96.